The predicted octanol–water partition coefficient (Wildman–Crippen LogP) is 2.68. The van der Waals surface area contributed by atoms with Crippen LogP contribution in [0.4, 0.5) is 0 Å². The van der Waals surface area contributed by atoms with Gasteiger partial charge in [-0.1, -0.05) is 25.3 Å². The Kier molecular flexibility index (Phi) is 5.21. The van der Waals surface area contributed by atoms with Crippen molar-refractivity contribution in [3.8, 4) is 0 Å². The largest absolute Gasteiger partial charge is 0.469 e. The van der Waals surface area contributed by atoms with Crippen molar-refractivity contribution in [2.45, 2.75) is 57.9 Å². The van der Waals surface area contributed by atoms with E-state index >= 15 is 0 Å². The van der Waals surface area contributed by atoms with Crippen LogP contribution >= 0.6 is 0 Å². The standard InChI is InChI=1S/C16H25NO3/c1-3-17(12-8-5-4-6-9-12)15(18)13-10-7-11-14(13)16(19)20-2/h10,12,14H,3-9,11H2,1-2H3/t14-/m1/s1. The van der Waals surface area contributed by atoms with Gasteiger partial charge in [-0.3, -0.25) is 9.59 Å². The van der Waals surface area contributed by atoms with Crippen LogP contribution in [0.15, 0.2) is 11.6 Å². The van der Waals surface area contributed by atoms with Gasteiger partial charge in [0.2, 0.25) is 0 Å². The molecule has 0 aliphatic heterocycles. The number of hydrogen-bond acceptors (Lipinski definition) is 3. The average molecular weight is 279 g/mol. The Labute approximate surface area is 121 Å². The van der Waals surface area contributed by atoms with Crippen molar-refractivity contribution >= 4 is 11.9 Å². The Morgan fingerprint density at radius 1 is 1.25 bits per heavy atom. The fraction of sp³-hybridized carbons (Fsp3) is 0.750. The second-order valence-electron chi connectivity index (χ2n) is 5.70. The molecule has 1 atom stereocenters. The molecule has 0 saturated heterocycles. The molecular formula is C16H25NO3. The molecule has 112 valence electrons. The Morgan fingerprint density at radius 3 is 2.55 bits per heavy atom. The smallest absolute Gasteiger partial charge is 0.313 e. The number of nitrogens with zero attached hydrogens (tertiary/aromatic N) is 1. The molecule has 1 fully saturated rings. The van der Waals surface area contributed by atoms with Crippen LogP contribution in [0.5, 0.6) is 0 Å². The molecule has 0 aromatic rings. The second-order valence-corrected chi connectivity index (χ2v) is 5.70. The van der Waals surface area contributed by atoms with Crippen molar-refractivity contribution in [3.05, 3.63) is 11.6 Å². The molecule has 0 N–H and O–H groups in total. The minimum absolute atomic E-state index is 0.0484. The van der Waals surface area contributed by atoms with E-state index in [-0.39, 0.29) is 17.8 Å². The van der Waals surface area contributed by atoms with Gasteiger partial charge < -0.3 is 9.64 Å². The van der Waals surface area contributed by atoms with E-state index in [2.05, 4.69) is 0 Å². The van der Waals surface area contributed by atoms with Crippen molar-refractivity contribution in [1.82, 2.24) is 4.90 Å². The molecule has 2 aliphatic carbocycles. The van der Waals surface area contributed by atoms with Crippen molar-refractivity contribution < 1.29 is 14.3 Å². The molecule has 0 aromatic carbocycles. The van der Waals surface area contributed by atoms with E-state index < -0.39 is 0 Å². The van der Waals surface area contributed by atoms with E-state index in [4.69, 9.17) is 4.74 Å². The lowest BCUT2D eigenvalue weighted by atomic mass is 9.92. The summed E-state index contributed by atoms with van der Waals surface area (Å²) in [5.74, 6) is -0.584. The molecule has 0 radical (unpaired) electrons. The van der Waals surface area contributed by atoms with Crippen molar-refractivity contribution in [2.24, 2.45) is 5.92 Å². The molecule has 0 unspecified atom stereocenters. The topological polar surface area (TPSA) is 46.6 Å². The van der Waals surface area contributed by atoms with Crippen molar-refractivity contribution in [1.29, 1.82) is 0 Å². The maximum absolute atomic E-state index is 12.8. The highest BCUT2D eigenvalue weighted by atomic mass is 16.5. The summed E-state index contributed by atoms with van der Waals surface area (Å²) < 4.78 is 4.82. The molecule has 4 heteroatoms. The predicted molar refractivity (Wildman–Crippen MR) is 77.1 cm³/mol. The van der Waals surface area contributed by atoms with Crippen molar-refractivity contribution in [2.75, 3.05) is 13.7 Å². The third-order valence-corrected chi connectivity index (χ3v) is 4.54. The summed E-state index contributed by atoms with van der Waals surface area (Å²) in [5, 5.41) is 0. The van der Waals surface area contributed by atoms with Gasteiger partial charge in [0.05, 0.1) is 13.0 Å². The maximum atomic E-state index is 12.8. The minimum atomic E-state index is -0.356. The fourth-order valence-corrected chi connectivity index (χ4v) is 3.45. The number of likely N-dealkylation sites (N-methyl/N-ethyl adjacent to an activating group) is 1. The monoisotopic (exact) mass is 279 g/mol. The number of carbonyl (C=O) groups excluding carboxylic acids is 2. The molecule has 1 amide bonds. The van der Waals surface area contributed by atoms with Gasteiger partial charge >= 0.3 is 5.97 Å². The number of rotatable bonds is 4. The first kappa shape index (κ1) is 15.1. The molecule has 0 spiro atoms. The van der Waals surface area contributed by atoms with Crippen LogP contribution in [-0.4, -0.2) is 36.5 Å². The molecule has 20 heavy (non-hydrogen) atoms. The van der Waals surface area contributed by atoms with Gasteiger partial charge in [-0.25, -0.2) is 0 Å². The van der Waals surface area contributed by atoms with E-state index in [1.54, 1.807) is 0 Å². The number of esters is 1. The van der Waals surface area contributed by atoms with Gasteiger partial charge in [-0.15, -0.1) is 0 Å². The first-order chi connectivity index (χ1) is 9.69. The van der Waals surface area contributed by atoms with Crippen LogP contribution in [0, 0.1) is 5.92 Å². The lowest BCUT2D eigenvalue weighted by molar-refractivity contribution is -0.145. The number of amides is 1. The van der Waals surface area contributed by atoms with Crippen LogP contribution < -0.4 is 0 Å². The summed E-state index contributed by atoms with van der Waals surface area (Å²) in [6.45, 7) is 2.74. The molecule has 4 nitrogen and oxygen atoms in total. The Hall–Kier alpha value is -1.32. The highest BCUT2D eigenvalue weighted by Gasteiger charge is 2.35. The van der Waals surface area contributed by atoms with Gasteiger partial charge in [0.25, 0.3) is 5.91 Å². The van der Waals surface area contributed by atoms with E-state index in [0.717, 1.165) is 19.3 Å². The van der Waals surface area contributed by atoms with E-state index in [9.17, 15) is 9.59 Å². The molecule has 1 saturated carbocycles. The molecule has 0 bridgehead atoms. The second kappa shape index (κ2) is 6.91. The number of carbonyl (C=O) groups is 2. The lowest BCUT2D eigenvalue weighted by Gasteiger charge is -2.34. The molecule has 2 aliphatic rings. The molecule has 2 rings (SSSR count). The normalized spacial score (nSPS) is 23.3. The van der Waals surface area contributed by atoms with Crippen molar-refractivity contribution in [3.63, 3.8) is 0 Å². The SMILES string of the molecule is CCN(C(=O)C1=CCC[C@H]1C(=O)OC)C1CCCCC1. The summed E-state index contributed by atoms with van der Waals surface area (Å²) in [4.78, 5) is 26.5. The van der Waals surface area contributed by atoms with E-state index in [1.165, 1.54) is 26.4 Å². The Bertz CT molecular complexity index is 397. The van der Waals surface area contributed by atoms with Crippen LogP contribution in [0.2, 0.25) is 0 Å². The van der Waals surface area contributed by atoms with E-state index in [0.29, 0.717) is 24.6 Å². The van der Waals surface area contributed by atoms with Crippen LogP contribution in [0.1, 0.15) is 51.9 Å². The van der Waals surface area contributed by atoms with E-state index in [1.807, 2.05) is 17.9 Å². The third kappa shape index (κ3) is 3.05. The van der Waals surface area contributed by atoms with Crippen LogP contribution in [0.3, 0.4) is 0 Å². The number of allylic oxidation sites excluding steroid dienone is 1. The Morgan fingerprint density at radius 2 is 1.95 bits per heavy atom. The maximum Gasteiger partial charge on any atom is 0.313 e. The summed E-state index contributed by atoms with van der Waals surface area (Å²) in [6, 6.07) is 0.348. The minimum Gasteiger partial charge on any atom is -0.469 e. The molecule has 0 aromatic heterocycles. The summed E-state index contributed by atoms with van der Waals surface area (Å²) in [5.41, 5.74) is 0.657. The molecule has 0 heterocycles. The zero-order chi connectivity index (χ0) is 14.5. The summed E-state index contributed by atoms with van der Waals surface area (Å²) in [6.07, 6.45) is 9.29. The number of ether oxygens (including phenoxy) is 1. The van der Waals surface area contributed by atoms with Gasteiger partial charge in [-0.2, -0.15) is 0 Å². The quantitative estimate of drug-likeness (QED) is 0.743. The summed E-state index contributed by atoms with van der Waals surface area (Å²) >= 11 is 0. The zero-order valence-corrected chi connectivity index (χ0v) is 12.6. The van der Waals surface area contributed by atoms with Gasteiger partial charge in [0.1, 0.15) is 0 Å². The summed E-state index contributed by atoms with van der Waals surface area (Å²) in [7, 11) is 1.39. The zero-order valence-electron chi connectivity index (χ0n) is 12.6. The number of methoxy groups -OCH3 is 1. The molecular weight excluding hydrogens is 254 g/mol. The van der Waals surface area contributed by atoms with Crippen LogP contribution in [-0.2, 0) is 14.3 Å². The average Bonchev–Trinajstić information content (AvgIpc) is 2.97. The van der Waals surface area contributed by atoms with Gasteiger partial charge in [0.15, 0.2) is 0 Å². The Balaban J connectivity index is 2.09. The first-order valence-electron chi connectivity index (χ1n) is 7.77. The van der Waals surface area contributed by atoms with Gasteiger partial charge in [-0.05, 0) is 32.6 Å². The highest BCUT2D eigenvalue weighted by Crippen LogP contribution is 2.31. The fourth-order valence-electron chi connectivity index (χ4n) is 3.45. The van der Waals surface area contributed by atoms with Gasteiger partial charge in [0, 0.05) is 18.2 Å². The lowest BCUT2D eigenvalue weighted by Crippen LogP contribution is -2.43. The third-order valence-electron chi connectivity index (χ3n) is 4.54. The first-order valence-corrected chi connectivity index (χ1v) is 7.77. The number of hydrogen-bond donors (Lipinski definition) is 0. The van der Waals surface area contributed by atoms with Crippen LogP contribution in [0.25, 0.3) is 0 Å². The highest BCUT2D eigenvalue weighted by molar-refractivity contribution is 5.99.